The summed E-state index contributed by atoms with van der Waals surface area (Å²) in [6, 6.07) is 1.50. The monoisotopic (exact) mass is 394 g/mol. The van der Waals surface area contributed by atoms with E-state index in [1.807, 2.05) is 0 Å². The zero-order valence-corrected chi connectivity index (χ0v) is 15.1. The lowest BCUT2D eigenvalue weighted by Gasteiger charge is -2.31. The number of sulfonamides is 1. The lowest BCUT2D eigenvalue weighted by molar-refractivity contribution is -0.133. The molecule has 1 aromatic carbocycles. The van der Waals surface area contributed by atoms with Gasteiger partial charge < -0.3 is 4.90 Å². The van der Waals surface area contributed by atoms with Crippen LogP contribution in [0.15, 0.2) is 23.1 Å². The Bertz CT molecular complexity index is 739. The molecular formula is C14H16F2N2O3S3. The molecule has 0 aliphatic carbocycles. The summed E-state index contributed by atoms with van der Waals surface area (Å²) in [7, 11) is -4.20. The molecule has 1 unspecified atom stereocenters. The smallest absolute Gasteiger partial charge is 0.247 e. The van der Waals surface area contributed by atoms with Crippen molar-refractivity contribution in [1.82, 2.24) is 9.21 Å². The van der Waals surface area contributed by atoms with E-state index < -0.39 is 32.6 Å². The van der Waals surface area contributed by atoms with Gasteiger partial charge in [0.25, 0.3) is 0 Å². The Hall–Kier alpha value is -0.840. The Labute approximate surface area is 147 Å². The zero-order valence-electron chi connectivity index (χ0n) is 12.7. The van der Waals surface area contributed by atoms with Crippen LogP contribution < -0.4 is 0 Å². The van der Waals surface area contributed by atoms with Crippen molar-refractivity contribution in [2.75, 3.05) is 36.2 Å². The highest BCUT2D eigenvalue weighted by atomic mass is 32.2. The SMILES string of the molecule is O=C(C1CSCN1S(=O)(=O)c1ccc(F)cc1F)N1CCSCC1. The first kappa shape index (κ1) is 18.0. The summed E-state index contributed by atoms with van der Waals surface area (Å²) in [4.78, 5) is 13.7. The molecule has 0 aromatic heterocycles. The third kappa shape index (κ3) is 3.42. The molecule has 10 heteroatoms. The molecule has 0 N–H and O–H groups in total. The second-order valence-corrected chi connectivity index (χ2v) is 9.50. The summed E-state index contributed by atoms with van der Waals surface area (Å²) in [6.07, 6.45) is 0. The van der Waals surface area contributed by atoms with E-state index in [1.54, 1.807) is 16.7 Å². The summed E-state index contributed by atoms with van der Waals surface area (Å²) < 4.78 is 53.5. The number of hydrogen-bond donors (Lipinski definition) is 0. The molecular weight excluding hydrogens is 378 g/mol. The van der Waals surface area contributed by atoms with Crippen molar-refractivity contribution in [2.24, 2.45) is 0 Å². The third-order valence-electron chi connectivity index (χ3n) is 3.93. The molecule has 132 valence electrons. The Morgan fingerprint density at radius 1 is 1.17 bits per heavy atom. The van der Waals surface area contributed by atoms with Gasteiger partial charge in [-0.05, 0) is 12.1 Å². The quantitative estimate of drug-likeness (QED) is 0.780. The molecule has 2 fully saturated rings. The van der Waals surface area contributed by atoms with Crippen molar-refractivity contribution in [2.45, 2.75) is 10.9 Å². The summed E-state index contributed by atoms with van der Waals surface area (Å²) >= 11 is 3.06. The van der Waals surface area contributed by atoms with Crippen LogP contribution in [-0.4, -0.2) is 65.8 Å². The molecule has 0 spiro atoms. The number of rotatable bonds is 3. The Morgan fingerprint density at radius 3 is 2.54 bits per heavy atom. The van der Waals surface area contributed by atoms with Gasteiger partial charge in [0.2, 0.25) is 15.9 Å². The maximum atomic E-state index is 13.9. The molecule has 2 saturated heterocycles. The number of amides is 1. The van der Waals surface area contributed by atoms with E-state index in [0.717, 1.165) is 27.9 Å². The molecule has 0 saturated carbocycles. The second kappa shape index (κ2) is 7.19. The Morgan fingerprint density at radius 2 is 1.88 bits per heavy atom. The fourth-order valence-corrected chi connectivity index (χ4v) is 6.75. The molecule has 5 nitrogen and oxygen atoms in total. The minimum absolute atomic E-state index is 0.0815. The van der Waals surface area contributed by atoms with E-state index in [4.69, 9.17) is 0 Å². The molecule has 24 heavy (non-hydrogen) atoms. The molecule has 2 aliphatic heterocycles. The van der Waals surface area contributed by atoms with Crippen LogP contribution in [0.2, 0.25) is 0 Å². The summed E-state index contributed by atoms with van der Waals surface area (Å²) in [6.45, 7) is 1.17. The summed E-state index contributed by atoms with van der Waals surface area (Å²) in [5, 5.41) is 0. The lowest BCUT2D eigenvalue weighted by Crippen LogP contribution is -2.51. The number of carbonyl (C=O) groups excluding carboxylic acids is 1. The fraction of sp³-hybridized carbons (Fsp3) is 0.500. The minimum Gasteiger partial charge on any atom is -0.340 e. The van der Waals surface area contributed by atoms with Gasteiger partial charge in [0.05, 0.1) is 5.88 Å². The number of halogens is 2. The first-order chi connectivity index (χ1) is 11.4. The van der Waals surface area contributed by atoms with Gasteiger partial charge in [0.1, 0.15) is 22.6 Å². The molecule has 1 atom stereocenters. The van der Waals surface area contributed by atoms with E-state index in [-0.39, 0.29) is 11.8 Å². The first-order valence-electron chi connectivity index (χ1n) is 7.32. The van der Waals surface area contributed by atoms with Gasteiger partial charge in [-0.25, -0.2) is 17.2 Å². The average Bonchev–Trinajstić information content (AvgIpc) is 3.05. The molecule has 0 bridgehead atoms. The van der Waals surface area contributed by atoms with Gasteiger partial charge in [0, 0.05) is 36.4 Å². The van der Waals surface area contributed by atoms with E-state index in [0.29, 0.717) is 24.9 Å². The van der Waals surface area contributed by atoms with E-state index >= 15 is 0 Å². The molecule has 3 rings (SSSR count). The number of benzene rings is 1. The van der Waals surface area contributed by atoms with Crippen molar-refractivity contribution in [3.05, 3.63) is 29.8 Å². The van der Waals surface area contributed by atoms with Crippen molar-refractivity contribution < 1.29 is 22.0 Å². The predicted molar refractivity (Wildman–Crippen MR) is 90.4 cm³/mol. The first-order valence-corrected chi connectivity index (χ1v) is 11.1. The maximum absolute atomic E-state index is 13.9. The largest absolute Gasteiger partial charge is 0.340 e. The fourth-order valence-electron chi connectivity index (χ4n) is 2.66. The molecule has 1 aromatic rings. The number of thioether (sulfide) groups is 2. The van der Waals surface area contributed by atoms with Crippen LogP contribution in [-0.2, 0) is 14.8 Å². The van der Waals surface area contributed by atoms with Crippen molar-refractivity contribution in [3.63, 3.8) is 0 Å². The van der Waals surface area contributed by atoms with Crippen LogP contribution in [0.3, 0.4) is 0 Å². The van der Waals surface area contributed by atoms with Crippen LogP contribution in [0, 0.1) is 11.6 Å². The highest BCUT2D eigenvalue weighted by Gasteiger charge is 2.42. The number of hydrogen-bond acceptors (Lipinski definition) is 5. The van der Waals surface area contributed by atoms with Gasteiger partial charge in [0.15, 0.2) is 0 Å². The van der Waals surface area contributed by atoms with Crippen molar-refractivity contribution >= 4 is 39.5 Å². The van der Waals surface area contributed by atoms with Crippen LogP contribution in [0.1, 0.15) is 0 Å². The molecule has 2 aliphatic rings. The van der Waals surface area contributed by atoms with Crippen LogP contribution in [0.4, 0.5) is 8.78 Å². The van der Waals surface area contributed by atoms with Crippen LogP contribution in [0.25, 0.3) is 0 Å². The zero-order chi connectivity index (χ0) is 17.3. The number of carbonyl (C=O) groups is 1. The highest BCUT2D eigenvalue weighted by Crippen LogP contribution is 2.31. The summed E-state index contributed by atoms with van der Waals surface area (Å²) in [5.74, 6) is -0.169. The molecule has 2 heterocycles. The minimum atomic E-state index is -4.20. The normalized spacial score (nSPS) is 22.8. The van der Waals surface area contributed by atoms with Crippen LogP contribution in [0.5, 0.6) is 0 Å². The van der Waals surface area contributed by atoms with Gasteiger partial charge in [-0.3, -0.25) is 4.79 Å². The van der Waals surface area contributed by atoms with E-state index in [1.165, 1.54) is 11.8 Å². The maximum Gasteiger partial charge on any atom is 0.247 e. The van der Waals surface area contributed by atoms with Crippen molar-refractivity contribution in [1.29, 1.82) is 0 Å². The van der Waals surface area contributed by atoms with Gasteiger partial charge in [-0.1, -0.05) is 0 Å². The Kier molecular flexibility index (Phi) is 5.38. The number of nitrogens with zero attached hydrogens (tertiary/aromatic N) is 2. The van der Waals surface area contributed by atoms with Crippen LogP contribution >= 0.6 is 23.5 Å². The van der Waals surface area contributed by atoms with E-state index in [9.17, 15) is 22.0 Å². The van der Waals surface area contributed by atoms with E-state index in [2.05, 4.69) is 0 Å². The van der Waals surface area contributed by atoms with Gasteiger partial charge >= 0.3 is 0 Å². The molecule has 1 amide bonds. The van der Waals surface area contributed by atoms with Gasteiger partial charge in [-0.15, -0.1) is 11.8 Å². The molecule has 0 radical (unpaired) electrons. The van der Waals surface area contributed by atoms with Crippen molar-refractivity contribution in [3.8, 4) is 0 Å². The lowest BCUT2D eigenvalue weighted by atomic mass is 10.3. The van der Waals surface area contributed by atoms with Gasteiger partial charge in [-0.2, -0.15) is 16.1 Å². The second-order valence-electron chi connectivity index (χ2n) is 5.42. The highest BCUT2D eigenvalue weighted by molar-refractivity contribution is 8.00. The topological polar surface area (TPSA) is 57.7 Å². The third-order valence-corrected chi connectivity index (χ3v) is 7.94. The average molecular weight is 394 g/mol. The Balaban J connectivity index is 1.87. The standard InChI is InChI=1S/C14H16F2N2O3S3/c15-10-1-2-13(11(16)7-10)24(20,21)18-9-23-8-12(18)14(19)17-3-5-22-6-4-17/h1-2,7,12H,3-6,8-9H2. The predicted octanol–water partition coefficient (Wildman–Crippen LogP) is 1.60. The summed E-state index contributed by atoms with van der Waals surface area (Å²) in [5.41, 5.74) is 0.